The highest BCUT2D eigenvalue weighted by Gasteiger charge is 2.10. The third-order valence-electron chi connectivity index (χ3n) is 3.94. The first-order valence-electron chi connectivity index (χ1n) is 8.59. The van der Waals surface area contributed by atoms with Crippen LogP contribution in [0.1, 0.15) is 12.5 Å². The molecule has 2 N–H and O–H groups in total. The lowest BCUT2D eigenvalue weighted by molar-refractivity contribution is 0.261. The summed E-state index contributed by atoms with van der Waals surface area (Å²) in [5.41, 5.74) is 8.85. The topological polar surface area (TPSA) is 75.8 Å². The number of anilines is 1. The van der Waals surface area contributed by atoms with Crippen molar-refractivity contribution in [1.29, 1.82) is 0 Å². The van der Waals surface area contributed by atoms with Crippen molar-refractivity contribution in [2.24, 2.45) is 0 Å². The summed E-state index contributed by atoms with van der Waals surface area (Å²) >= 11 is 0. The first-order valence-corrected chi connectivity index (χ1v) is 8.59. The maximum absolute atomic E-state index is 6.27. The molecule has 2 aromatic rings. The smallest absolute Gasteiger partial charge is 0.153 e. The minimum atomic E-state index is 0.559. The Morgan fingerprint density at radius 3 is 2.59 bits per heavy atom. The number of hydrogen-bond acceptors (Lipinski definition) is 6. The monoisotopic (exact) mass is 370 g/mol. The van der Waals surface area contributed by atoms with Crippen LogP contribution in [0, 0.1) is 0 Å². The Morgan fingerprint density at radius 1 is 1.11 bits per heavy atom. The number of rotatable bonds is 9. The van der Waals surface area contributed by atoms with Crippen LogP contribution in [0.15, 0.2) is 60.5 Å². The summed E-state index contributed by atoms with van der Waals surface area (Å²) in [6, 6.07) is 3.90. The molecule has 1 aromatic heterocycles. The minimum Gasteiger partial charge on any atom is -0.504 e. The summed E-state index contributed by atoms with van der Waals surface area (Å²) in [6.45, 7) is 2.49. The Kier molecular flexibility index (Phi) is 7.55. The zero-order chi connectivity index (χ0) is 19.6. The van der Waals surface area contributed by atoms with Gasteiger partial charge in [0.05, 0.1) is 39.9 Å². The molecule has 0 unspecified atom stereocenters. The van der Waals surface area contributed by atoms with E-state index in [9.17, 15) is 0 Å². The van der Waals surface area contributed by atoms with E-state index in [-0.39, 0.29) is 0 Å². The van der Waals surface area contributed by atoms with Crippen LogP contribution in [-0.2, 0) is 20.6 Å². The molecule has 27 heavy (non-hydrogen) atoms. The molecule has 0 aliphatic heterocycles. The second-order valence-corrected chi connectivity index (χ2v) is 5.70. The number of hydrogen-bond donors (Lipinski definition) is 1. The summed E-state index contributed by atoms with van der Waals surface area (Å²) in [6.07, 6.45) is 11.1. The maximum atomic E-state index is 6.27. The summed E-state index contributed by atoms with van der Waals surface area (Å²) < 4.78 is 21.0. The van der Waals surface area contributed by atoms with Crippen LogP contribution in [0.2, 0.25) is 0 Å². The van der Waals surface area contributed by atoms with Crippen LogP contribution in [0.3, 0.4) is 0 Å². The molecule has 144 valence electrons. The highest BCUT2D eigenvalue weighted by molar-refractivity contribution is 5.97. The number of aromatic nitrogens is 1. The Bertz CT molecular complexity index is 857. The van der Waals surface area contributed by atoms with Crippen LogP contribution >= 0.6 is 0 Å². The van der Waals surface area contributed by atoms with E-state index < -0.39 is 0 Å². The third kappa shape index (κ3) is 5.17. The van der Waals surface area contributed by atoms with E-state index in [1.54, 1.807) is 33.8 Å². The van der Waals surface area contributed by atoms with E-state index in [4.69, 9.17) is 24.7 Å². The number of benzene rings is 1. The van der Waals surface area contributed by atoms with E-state index in [1.807, 2.05) is 37.4 Å². The van der Waals surface area contributed by atoms with Crippen LogP contribution in [0.25, 0.3) is 10.8 Å². The first kappa shape index (κ1) is 20.2. The number of nitrogens with two attached hydrogens (primary N) is 1. The molecule has 0 radical (unpaired) electrons. The summed E-state index contributed by atoms with van der Waals surface area (Å²) in [4.78, 5) is 4.36. The lowest BCUT2D eigenvalue weighted by atomic mass is 9.99. The predicted molar refractivity (Wildman–Crippen MR) is 107 cm³/mol. The van der Waals surface area contributed by atoms with Crippen molar-refractivity contribution in [1.82, 2.24) is 4.98 Å². The van der Waals surface area contributed by atoms with Gasteiger partial charge in [0.15, 0.2) is 5.76 Å². The highest BCUT2D eigenvalue weighted by Crippen LogP contribution is 2.32. The zero-order valence-electron chi connectivity index (χ0n) is 16.2. The van der Waals surface area contributed by atoms with Crippen LogP contribution in [0.5, 0.6) is 5.75 Å². The molecule has 1 heterocycles. The van der Waals surface area contributed by atoms with E-state index >= 15 is 0 Å². The second-order valence-electron chi connectivity index (χ2n) is 5.70. The SMILES string of the molecule is CCOc1ccc2c(CC(C=COC)=CC(=COC)OC)cncc2c1N. The fourth-order valence-corrected chi connectivity index (χ4v) is 2.70. The molecule has 0 saturated carbocycles. The molecule has 2 rings (SSSR count). The largest absolute Gasteiger partial charge is 0.504 e. The summed E-state index contributed by atoms with van der Waals surface area (Å²) in [5.74, 6) is 1.27. The van der Waals surface area contributed by atoms with Gasteiger partial charge in [-0.25, -0.2) is 0 Å². The molecule has 0 saturated heterocycles. The lowest BCUT2D eigenvalue weighted by Crippen LogP contribution is -2.00. The van der Waals surface area contributed by atoms with Crippen molar-refractivity contribution in [2.75, 3.05) is 33.7 Å². The number of nitrogens with zero attached hydrogens (tertiary/aromatic N) is 1. The Balaban J connectivity index is 2.47. The van der Waals surface area contributed by atoms with Gasteiger partial charge in [0.25, 0.3) is 0 Å². The van der Waals surface area contributed by atoms with Gasteiger partial charge in [-0.1, -0.05) is 6.07 Å². The van der Waals surface area contributed by atoms with Crippen LogP contribution < -0.4 is 10.5 Å². The van der Waals surface area contributed by atoms with E-state index in [2.05, 4.69) is 4.98 Å². The minimum absolute atomic E-state index is 0.559. The van der Waals surface area contributed by atoms with Gasteiger partial charge in [-0.2, -0.15) is 0 Å². The predicted octanol–water partition coefficient (Wildman–Crippen LogP) is 3.98. The van der Waals surface area contributed by atoms with E-state index in [0.717, 1.165) is 21.9 Å². The zero-order valence-corrected chi connectivity index (χ0v) is 16.2. The molecule has 0 aliphatic rings. The molecular formula is C21H26N2O4. The van der Waals surface area contributed by atoms with Crippen molar-refractivity contribution in [3.05, 3.63) is 66.1 Å². The van der Waals surface area contributed by atoms with Crippen molar-refractivity contribution in [2.45, 2.75) is 13.3 Å². The molecule has 0 atom stereocenters. The fraction of sp³-hybridized carbons (Fsp3) is 0.286. The van der Waals surface area contributed by atoms with Crippen molar-refractivity contribution < 1.29 is 18.9 Å². The molecule has 6 heteroatoms. The third-order valence-corrected chi connectivity index (χ3v) is 3.94. The van der Waals surface area contributed by atoms with Gasteiger partial charge in [0.1, 0.15) is 12.0 Å². The standard InChI is InChI=1S/C21H26N2O4/c1-5-27-20-7-6-18-16(12-23-13-19(18)21(20)22)10-15(8-9-24-2)11-17(26-4)14-25-3/h6-9,11-14H,5,10,22H2,1-4H3. The van der Waals surface area contributed by atoms with Crippen molar-refractivity contribution in [3.63, 3.8) is 0 Å². The maximum Gasteiger partial charge on any atom is 0.153 e. The molecule has 0 spiro atoms. The van der Waals surface area contributed by atoms with Gasteiger partial charge < -0.3 is 24.7 Å². The average molecular weight is 370 g/mol. The van der Waals surface area contributed by atoms with Crippen molar-refractivity contribution >= 4 is 16.5 Å². The second kappa shape index (κ2) is 10.1. The van der Waals surface area contributed by atoms with Gasteiger partial charge in [0.2, 0.25) is 0 Å². The number of nitrogen functional groups attached to an aromatic ring is 1. The normalized spacial score (nSPS) is 12.4. The molecule has 6 nitrogen and oxygen atoms in total. The van der Waals surface area contributed by atoms with Gasteiger partial charge in [-0.05, 0) is 48.1 Å². The first-order chi connectivity index (χ1) is 13.1. The molecule has 1 aromatic carbocycles. The number of methoxy groups -OCH3 is 3. The van der Waals surface area contributed by atoms with Gasteiger partial charge in [-0.15, -0.1) is 0 Å². The molecule has 0 fully saturated rings. The van der Waals surface area contributed by atoms with E-state index in [1.165, 1.54) is 6.26 Å². The van der Waals surface area contributed by atoms with E-state index in [0.29, 0.717) is 30.2 Å². The fourth-order valence-electron chi connectivity index (χ4n) is 2.70. The average Bonchev–Trinajstić information content (AvgIpc) is 2.68. The molecule has 0 bridgehead atoms. The number of fused-ring (bicyclic) bond motifs is 1. The number of ether oxygens (including phenoxy) is 4. The Hall–Kier alpha value is -3.15. The van der Waals surface area contributed by atoms with Crippen molar-refractivity contribution in [3.8, 4) is 5.75 Å². The van der Waals surface area contributed by atoms with Gasteiger partial charge in [0, 0.05) is 17.8 Å². The quantitative estimate of drug-likeness (QED) is 0.409. The highest BCUT2D eigenvalue weighted by atomic mass is 16.5. The molecule has 0 amide bonds. The summed E-state index contributed by atoms with van der Waals surface area (Å²) in [7, 11) is 4.77. The Labute approximate surface area is 159 Å². The molecule has 0 aliphatic carbocycles. The lowest BCUT2D eigenvalue weighted by Gasteiger charge is -2.12. The Morgan fingerprint density at radius 2 is 1.93 bits per heavy atom. The van der Waals surface area contributed by atoms with Crippen LogP contribution in [0.4, 0.5) is 5.69 Å². The van der Waals surface area contributed by atoms with Gasteiger partial charge in [-0.3, -0.25) is 4.98 Å². The van der Waals surface area contributed by atoms with Crippen LogP contribution in [-0.4, -0.2) is 32.9 Å². The molecular weight excluding hydrogens is 344 g/mol. The number of pyridine rings is 1. The van der Waals surface area contributed by atoms with Gasteiger partial charge >= 0.3 is 0 Å². The number of allylic oxidation sites excluding steroid dienone is 3. The summed E-state index contributed by atoms with van der Waals surface area (Å²) in [5, 5.41) is 1.89.